The van der Waals surface area contributed by atoms with Crippen molar-refractivity contribution >= 4 is 28.8 Å². The molecule has 0 aromatic carbocycles. The molecular formula is C11H17ClN2OS. The molecule has 0 fully saturated rings. The highest BCUT2D eigenvalue weighted by atomic mass is 35.5. The average Bonchev–Trinajstić information content (AvgIpc) is 2.57. The van der Waals surface area contributed by atoms with E-state index < -0.39 is 0 Å². The van der Waals surface area contributed by atoms with Crippen molar-refractivity contribution in [2.24, 2.45) is 0 Å². The molecule has 1 unspecified atom stereocenters. The molecule has 0 aliphatic heterocycles. The van der Waals surface area contributed by atoms with Gasteiger partial charge in [0.05, 0.1) is 10.7 Å². The highest BCUT2D eigenvalue weighted by Crippen LogP contribution is 2.16. The molecule has 0 aliphatic carbocycles. The number of nitrogens with one attached hydrogen (secondary N) is 1. The molecule has 1 aromatic rings. The molecular weight excluding hydrogens is 244 g/mol. The van der Waals surface area contributed by atoms with Gasteiger partial charge < -0.3 is 5.32 Å². The van der Waals surface area contributed by atoms with Gasteiger partial charge in [-0.15, -0.1) is 22.9 Å². The number of carbonyl (C=O) groups is 1. The van der Waals surface area contributed by atoms with Gasteiger partial charge in [-0.3, -0.25) is 4.79 Å². The molecule has 0 bridgehead atoms. The fourth-order valence-corrected chi connectivity index (χ4v) is 2.31. The average molecular weight is 261 g/mol. The second kappa shape index (κ2) is 6.21. The van der Waals surface area contributed by atoms with Gasteiger partial charge in [-0.1, -0.05) is 6.92 Å². The van der Waals surface area contributed by atoms with E-state index in [4.69, 9.17) is 11.6 Å². The van der Waals surface area contributed by atoms with Crippen LogP contribution in [0.25, 0.3) is 0 Å². The molecule has 1 amide bonds. The van der Waals surface area contributed by atoms with E-state index in [1.165, 1.54) is 11.3 Å². The van der Waals surface area contributed by atoms with E-state index in [0.717, 1.165) is 23.5 Å². The molecule has 3 nitrogen and oxygen atoms in total. The minimum Gasteiger partial charge on any atom is -0.351 e. The predicted octanol–water partition coefficient (Wildman–Crippen LogP) is 2.90. The topological polar surface area (TPSA) is 42.0 Å². The number of hydrogen-bond acceptors (Lipinski definition) is 3. The molecule has 1 heterocycles. The van der Waals surface area contributed by atoms with E-state index in [1.54, 1.807) is 0 Å². The van der Waals surface area contributed by atoms with Crippen LogP contribution in [0.1, 0.15) is 40.1 Å². The van der Waals surface area contributed by atoms with Gasteiger partial charge in [0.15, 0.2) is 0 Å². The highest BCUT2D eigenvalue weighted by molar-refractivity contribution is 7.13. The molecule has 90 valence electrons. The van der Waals surface area contributed by atoms with Crippen LogP contribution < -0.4 is 5.32 Å². The lowest BCUT2D eigenvalue weighted by Gasteiger charge is -2.07. The zero-order valence-corrected chi connectivity index (χ0v) is 11.4. The molecule has 0 aliphatic rings. The maximum atomic E-state index is 11.8. The summed E-state index contributed by atoms with van der Waals surface area (Å²) in [6.45, 7) is 6.42. The van der Waals surface area contributed by atoms with Crippen LogP contribution in [-0.4, -0.2) is 22.8 Å². The number of rotatable bonds is 5. The van der Waals surface area contributed by atoms with Crippen molar-refractivity contribution < 1.29 is 4.79 Å². The second-order valence-electron chi connectivity index (χ2n) is 3.70. The van der Waals surface area contributed by atoms with Crippen LogP contribution in [0.5, 0.6) is 0 Å². The smallest absolute Gasteiger partial charge is 0.263 e. The van der Waals surface area contributed by atoms with Gasteiger partial charge >= 0.3 is 0 Å². The van der Waals surface area contributed by atoms with Gasteiger partial charge in [-0.2, -0.15) is 0 Å². The number of amides is 1. The van der Waals surface area contributed by atoms with Crippen molar-refractivity contribution in [2.45, 2.75) is 39.0 Å². The Hall–Kier alpha value is -0.610. The Bertz CT molecular complexity index is 365. The molecule has 5 heteroatoms. The zero-order chi connectivity index (χ0) is 12.1. The molecule has 1 rings (SSSR count). The molecule has 1 aromatic heterocycles. The molecule has 0 radical (unpaired) electrons. The lowest BCUT2D eigenvalue weighted by Crippen LogP contribution is -2.25. The summed E-state index contributed by atoms with van der Waals surface area (Å²) in [4.78, 5) is 16.7. The summed E-state index contributed by atoms with van der Waals surface area (Å²) in [5, 5.41) is 3.93. The first-order chi connectivity index (χ1) is 7.54. The minimum absolute atomic E-state index is 0.0388. The summed E-state index contributed by atoms with van der Waals surface area (Å²) in [5.74, 6) is -0.0388. The van der Waals surface area contributed by atoms with E-state index >= 15 is 0 Å². The number of thiazole rings is 1. The van der Waals surface area contributed by atoms with E-state index in [0.29, 0.717) is 11.4 Å². The van der Waals surface area contributed by atoms with Crippen LogP contribution in [0.4, 0.5) is 0 Å². The fraction of sp³-hybridized carbons (Fsp3) is 0.636. The Kier molecular flexibility index (Phi) is 5.22. The Morgan fingerprint density at radius 3 is 2.75 bits per heavy atom. The number of hydrogen-bond donors (Lipinski definition) is 1. The molecule has 16 heavy (non-hydrogen) atoms. The predicted molar refractivity (Wildman–Crippen MR) is 68.5 cm³/mol. The van der Waals surface area contributed by atoms with E-state index in [1.807, 2.05) is 20.8 Å². The quantitative estimate of drug-likeness (QED) is 0.828. The van der Waals surface area contributed by atoms with Crippen LogP contribution in [-0.2, 0) is 0 Å². The van der Waals surface area contributed by atoms with Gasteiger partial charge in [0.25, 0.3) is 5.91 Å². The van der Waals surface area contributed by atoms with Crippen molar-refractivity contribution in [1.82, 2.24) is 10.3 Å². The largest absolute Gasteiger partial charge is 0.351 e. The molecule has 1 atom stereocenters. The van der Waals surface area contributed by atoms with Crippen LogP contribution >= 0.6 is 22.9 Å². The Morgan fingerprint density at radius 1 is 1.56 bits per heavy atom. The number of alkyl halides is 1. The van der Waals surface area contributed by atoms with Crippen LogP contribution in [0.2, 0.25) is 0 Å². The molecule has 1 N–H and O–H groups in total. The summed E-state index contributed by atoms with van der Waals surface area (Å²) >= 11 is 7.40. The summed E-state index contributed by atoms with van der Waals surface area (Å²) in [7, 11) is 0. The number of carbonyl (C=O) groups excluding carboxylic acids is 1. The first-order valence-corrected chi connectivity index (χ1v) is 6.66. The van der Waals surface area contributed by atoms with Crippen molar-refractivity contribution in [1.29, 1.82) is 0 Å². The number of halogens is 1. The van der Waals surface area contributed by atoms with Crippen LogP contribution in [0, 0.1) is 13.8 Å². The third-order valence-corrected chi connectivity index (χ3v) is 3.89. The van der Waals surface area contributed by atoms with Crippen molar-refractivity contribution in [3.63, 3.8) is 0 Å². The van der Waals surface area contributed by atoms with Gasteiger partial charge in [-0.05, 0) is 26.7 Å². The Balaban J connectivity index is 2.44. The highest BCUT2D eigenvalue weighted by Gasteiger charge is 2.13. The summed E-state index contributed by atoms with van der Waals surface area (Å²) < 4.78 is 0. The van der Waals surface area contributed by atoms with Gasteiger partial charge in [-0.25, -0.2) is 4.98 Å². The normalized spacial score (nSPS) is 12.5. The summed E-state index contributed by atoms with van der Waals surface area (Å²) in [6, 6.07) is 0. The standard InChI is InChI=1S/C11H17ClN2OS/c1-4-9(12)5-6-13-11(15)10-7(2)14-8(3)16-10/h9H,4-6H2,1-3H3,(H,13,15). The van der Waals surface area contributed by atoms with E-state index in [9.17, 15) is 4.79 Å². The fourth-order valence-electron chi connectivity index (χ4n) is 1.37. The minimum atomic E-state index is -0.0388. The number of nitrogens with zero attached hydrogens (tertiary/aromatic N) is 1. The van der Waals surface area contributed by atoms with Crippen LogP contribution in [0.15, 0.2) is 0 Å². The van der Waals surface area contributed by atoms with E-state index in [2.05, 4.69) is 10.3 Å². The SMILES string of the molecule is CCC(Cl)CCNC(=O)c1sc(C)nc1C. The van der Waals surface area contributed by atoms with Gasteiger partial charge in [0.1, 0.15) is 4.88 Å². The summed E-state index contributed by atoms with van der Waals surface area (Å²) in [5.41, 5.74) is 0.804. The van der Waals surface area contributed by atoms with Crippen LogP contribution in [0.3, 0.4) is 0 Å². The molecule has 0 spiro atoms. The van der Waals surface area contributed by atoms with Crippen molar-refractivity contribution in [2.75, 3.05) is 6.54 Å². The number of aryl methyl sites for hydroxylation is 2. The zero-order valence-electron chi connectivity index (χ0n) is 9.84. The van der Waals surface area contributed by atoms with Crippen molar-refractivity contribution in [3.05, 3.63) is 15.6 Å². The Morgan fingerprint density at radius 2 is 2.25 bits per heavy atom. The lowest BCUT2D eigenvalue weighted by atomic mass is 10.2. The van der Waals surface area contributed by atoms with Crippen molar-refractivity contribution in [3.8, 4) is 0 Å². The number of aromatic nitrogens is 1. The maximum Gasteiger partial charge on any atom is 0.263 e. The first kappa shape index (κ1) is 13.5. The maximum absolute atomic E-state index is 11.8. The molecule has 0 saturated carbocycles. The van der Waals surface area contributed by atoms with Gasteiger partial charge in [0, 0.05) is 11.9 Å². The third kappa shape index (κ3) is 3.76. The third-order valence-electron chi connectivity index (χ3n) is 2.30. The monoisotopic (exact) mass is 260 g/mol. The first-order valence-electron chi connectivity index (χ1n) is 5.40. The Labute approximate surface area is 105 Å². The lowest BCUT2D eigenvalue weighted by molar-refractivity contribution is 0.0956. The summed E-state index contributed by atoms with van der Waals surface area (Å²) in [6.07, 6.45) is 1.73. The van der Waals surface area contributed by atoms with Gasteiger partial charge in [0.2, 0.25) is 0 Å². The molecule has 0 saturated heterocycles. The second-order valence-corrected chi connectivity index (χ2v) is 5.52. The van der Waals surface area contributed by atoms with E-state index in [-0.39, 0.29) is 11.3 Å².